The third-order valence-corrected chi connectivity index (χ3v) is 9.22. The van der Waals surface area contributed by atoms with Gasteiger partial charge >= 0.3 is 6.03 Å². The summed E-state index contributed by atoms with van der Waals surface area (Å²) in [6, 6.07) is 2.04. The summed E-state index contributed by atoms with van der Waals surface area (Å²) >= 11 is 0. The average molecular weight is 563 g/mol. The second-order valence-electron chi connectivity index (χ2n) is 12.7. The van der Waals surface area contributed by atoms with E-state index in [9.17, 15) is 4.79 Å². The van der Waals surface area contributed by atoms with Crippen molar-refractivity contribution in [3.05, 3.63) is 18.5 Å². The number of rotatable bonds is 7. The van der Waals surface area contributed by atoms with Crippen molar-refractivity contribution in [2.45, 2.75) is 89.6 Å². The molecule has 7 rings (SSSR count). The lowest BCUT2D eigenvalue weighted by Crippen LogP contribution is -2.52. The van der Waals surface area contributed by atoms with Crippen molar-refractivity contribution in [2.24, 2.45) is 5.92 Å². The number of nitrogens with one attached hydrogen (secondary N) is 1. The molecule has 3 aromatic rings. The molecule has 1 spiro atoms. The normalized spacial score (nSPS) is 22.5. The maximum absolute atomic E-state index is 13.6. The van der Waals surface area contributed by atoms with Crippen LogP contribution < -0.4 is 10.2 Å². The van der Waals surface area contributed by atoms with Gasteiger partial charge in [0.15, 0.2) is 5.82 Å². The Labute approximate surface area is 241 Å². The number of piperidine rings is 1. The zero-order chi connectivity index (χ0) is 28.1. The summed E-state index contributed by atoms with van der Waals surface area (Å²) in [6.45, 7) is 8.38. The van der Waals surface area contributed by atoms with Crippen LogP contribution in [0.1, 0.15) is 71.4 Å². The third-order valence-electron chi connectivity index (χ3n) is 9.22. The highest BCUT2D eigenvalue weighted by Crippen LogP contribution is 2.48. The molecule has 3 aliphatic heterocycles. The van der Waals surface area contributed by atoms with Crippen LogP contribution in [0.5, 0.6) is 0 Å². The van der Waals surface area contributed by atoms with Crippen molar-refractivity contribution in [1.29, 1.82) is 0 Å². The first-order valence-corrected chi connectivity index (χ1v) is 15.4. The molecule has 6 heterocycles. The second-order valence-corrected chi connectivity index (χ2v) is 12.7. The molecular formula is C30H42N8O3. The van der Waals surface area contributed by atoms with Gasteiger partial charge in [-0.15, -0.1) is 0 Å². The Kier molecular flexibility index (Phi) is 6.89. The van der Waals surface area contributed by atoms with Crippen molar-refractivity contribution < 1.29 is 14.3 Å². The molecule has 1 unspecified atom stereocenters. The molecule has 1 aliphatic carbocycles. The standard InChI is InChI=1S/C30H42N8O3/c1-20(2)16-37-25-14-23(31-15-22(25)28(34-37)35-17-21(18-35)40-3)27-24(19-38(33-27)26-8-4-7-13-41-26)32-29(39)36-12-6-5-9-30(36)10-11-30/h14-15,19-21,26H,4-13,16-18H2,1-3H3,(H,32,39). The summed E-state index contributed by atoms with van der Waals surface area (Å²) < 4.78 is 15.5. The lowest BCUT2D eigenvalue weighted by molar-refractivity contribution is -0.0393. The highest BCUT2D eigenvalue weighted by Gasteiger charge is 2.51. The van der Waals surface area contributed by atoms with Gasteiger partial charge < -0.3 is 24.6 Å². The minimum atomic E-state index is -0.139. The molecule has 3 aromatic heterocycles. The minimum Gasteiger partial charge on any atom is -0.378 e. The van der Waals surface area contributed by atoms with E-state index in [1.807, 2.05) is 17.1 Å². The van der Waals surface area contributed by atoms with Crippen LogP contribution in [0.25, 0.3) is 22.3 Å². The van der Waals surface area contributed by atoms with E-state index in [1.165, 1.54) is 6.42 Å². The Morgan fingerprint density at radius 1 is 1.17 bits per heavy atom. The minimum absolute atomic E-state index is 0.0359. The molecule has 0 aromatic carbocycles. The van der Waals surface area contributed by atoms with Crippen LogP contribution in [0.2, 0.25) is 0 Å². The van der Waals surface area contributed by atoms with Gasteiger partial charge in [0.2, 0.25) is 0 Å². The van der Waals surface area contributed by atoms with Gasteiger partial charge in [0.05, 0.1) is 34.6 Å². The monoisotopic (exact) mass is 562 g/mol. The van der Waals surface area contributed by atoms with Crippen molar-refractivity contribution >= 4 is 28.4 Å². The van der Waals surface area contributed by atoms with Crippen molar-refractivity contribution in [2.75, 3.05) is 43.6 Å². The molecule has 11 nitrogen and oxygen atoms in total. The molecule has 4 fully saturated rings. The van der Waals surface area contributed by atoms with Crippen LogP contribution in [0.3, 0.4) is 0 Å². The number of carbonyl (C=O) groups is 1. The van der Waals surface area contributed by atoms with Crippen LogP contribution >= 0.6 is 0 Å². The maximum Gasteiger partial charge on any atom is 0.322 e. The Balaban J connectivity index is 1.25. The van der Waals surface area contributed by atoms with Gasteiger partial charge in [-0.25, -0.2) is 9.48 Å². The number of nitrogens with zero attached hydrogens (tertiary/aromatic N) is 7. The first kappa shape index (κ1) is 26.7. The number of ether oxygens (including phenoxy) is 2. The number of carbonyl (C=O) groups excluding carboxylic acids is 1. The largest absolute Gasteiger partial charge is 0.378 e. The number of hydrogen-bond acceptors (Lipinski definition) is 7. The topological polar surface area (TPSA) is 103 Å². The molecule has 0 radical (unpaired) electrons. The number of methoxy groups -OCH3 is 1. The lowest BCUT2D eigenvalue weighted by Gasteiger charge is -2.38. The number of aromatic nitrogens is 5. The van der Waals surface area contributed by atoms with E-state index in [4.69, 9.17) is 24.7 Å². The van der Waals surface area contributed by atoms with Gasteiger partial charge in [0, 0.05) is 51.6 Å². The fourth-order valence-corrected chi connectivity index (χ4v) is 6.67. The number of anilines is 2. The van der Waals surface area contributed by atoms with Gasteiger partial charge in [-0.05, 0) is 63.4 Å². The smallest absolute Gasteiger partial charge is 0.322 e. The molecule has 1 atom stereocenters. The summed E-state index contributed by atoms with van der Waals surface area (Å²) in [5, 5.41) is 14.3. The number of urea groups is 1. The number of pyridine rings is 1. The van der Waals surface area contributed by atoms with Crippen LogP contribution in [0.15, 0.2) is 18.5 Å². The molecule has 220 valence electrons. The summed E-state index contributed by atoms with van der Waals surface area (Å²) in [4.78, 5) is 22.9. The Bertz CT molecular complexity index is 1410. The molecule has 3 saturated heterocycles. The SMILES string of the molecule is COC1CN(c2nn(CC(C)C)c3cc(-c4nn(C5CCCCO5)cc4NC(=O)N4CCCCC45CC5)ncc23)C1. The fraction of sp³-hybridized carbons (Fsp3) is 0.667. The van der Waals surface area contributed by atoms with E-state index < -0.39 is 0 Å². The van der Waals surface area contributed by atoms with E-state index in [2.05, 4.69) is 39.7 Å². The molecule has 41 heavy (non-hydrogen) atoms. The van der Waals surface area contributed by atoms with Gasteiger partial charge in [-0.1, -0.05) is 13.8 Å². The van der Waals surface area contributed by atoms with E-state index in [0.717, 1.165) is 100 Å². The van der Waals surface area contributed by atoms with Crippen molar-refractivity contribution in [3.63, 3.8) is 0 Å². The predicted molar refractivity (Wildman–Crippen MR) is 157 cm³/mol. The molecular weight excluding hydrogens is 520 g/mol. The van der Waals surface area contributed by atoms with E-state index in [1.54, 1.807) is 7.11 Å². The summed E-state index contributed by atoms with van der Waals surface area (Å²) in [6.07, 6.45) is 12.6. The Morgan fingerprint density at radius 3 is 2.76 bits per heavy atom. The zero-order valence-electron chi connectivity index (χ0n) is 24.5. The highest BCUT2D eigenvalue weighted by atomic mass is 16.5. The maximum atomic E-state index is 13.6. The van der Waals surface area contributed by atoms with Crippen LogP contribution in [0.4, 0.5) is 16.3 Å². The van der Waals surface area contributed by atoms with Gasteiger partial charge in [0.1, 0.15) is 11.9 Å². The van der Waals surface area contributed by atoms with Crippen LogP contribution in [0, 0.1) is 5.92 Å². The van der Waals surface area contributed by atoms with Crippen molar-refractivity contribution in [3.8, 4) is 11.4 Å². The average Bonchev–Trinajstić information content (AvgIpc) is 3.44. The first-order valence-electron chi connectivity index (χ1n) is 15.4. The predicted octanol–water partition coefficient (Wildman–Crippen LogP) is 5.04. The Morgan fingerprint density at radius 2 is 2.02 bits per heavy atom. The van der Waals surface area contributed by atoms with E-state index >= 15 is 0 Å². The second kappa shape index (κ2) is 10.6. The quantitative estimate of drug-likeness (QED) is 0.431. The molecule has 2 amide bonds. The molecule has 1 saturated carbocycles. The summed E-state index contributed by atoms with van der Waals surface area (Å²) in [5.41, 5.74) is 3.14. The lowest BCUT2D eigenvalue weighted by atomic mass is 10.0. The Hall–Kier alpha value is -3.18. The van der Waals surface area contributed by atoms with Crippen LogP contribution in [-0.4, -0.2) is 80.5 Å². The van der Waals surface area contributed by atoms with Gasteiger partial charge in [-0.3, -0.25) is 9.67 Å². The summed E-state index contributed by atoms with van der Waals surface area (Å²) in [5.74, 6) is 1.38. The van der Waals surface area contributed by atoms with Crippen molar-refractivity contribution in [1.82, 2.24) is 29.4 Å². The molecule has 11 heteroatoms. The number of hydrogen-bond donors (Lipinski definition) is 1. The van der Waals surface area contributed by atoms with E-state index in [-0.39, 0.29) is 23.9 Å². The molecule has 1 N–H and O–H groups in total. The molecule has 4 aliphatic rings. The number of amides is 2. The van der Waals surface area contributed by atoms with Crippen LogP contribution in [-0.2, 0) is 16.0 Å². The first-order chi connectivity index (χ1) is 19.9. The van der Waals surface area contributed by atoms with E-state index in [0.29, 0.717) is 17.3 Å². The van der Waals surface area contributed by atoms with Gasteiger partial charge in [0.25, 0.3) is 0 Å². The highest BCUT2D eigenvalue weighted by molar-refractivity contribution is 5.96. The third kappa shape index (κ3) is 4.97. The zero-order valence-corrected chi connectivity index (χ0v) is 24.5. The fourth-order valence-electron chi connectivity index (χ4n) is 6.67. The number of fused-ring (bicyclic) bond motifs is 1. The summed E-state index contributed by atoms with van der Waals surface area (Å²) in [7, 11) is 1.76. The van der Waals surface area contributed by atoms with Gasteiger partial charge in [-0.2, -0.15) is 10.2 Å². The number of likely N-dealkylation sites (tertiary alicyclic amines) is 1. The molecule has 0 bridgehead atoms.